The molecule has 0 bridgehead atoms. The number of rotatable bonds is 5. The fraction of sp³-hybridized carbons (Fsp3) is 0.571. The topological polar surface area (TPSA) is 38.5 Å². The lowest BCUT2D eigenvalue weighted by Gasteiger charge is -2.35. The van der Waals surface area contributed by atoms with E-state index in [2.05, 4.69) is 36.1 Å². The summed E-state index contributed by atoms with van der Waals surface area (Å²) in [5, 5.41) is 0. The van der Waals surface area contributed by atoms with Crippen LogP contribution in [0.15, 0.2) is 30.3 Å². The van der Waals surface area contributed by atoms with E-state index < -0.39 is 0 Å². The van der Waals surface area contributed by atoms with Gasteiger partial charge in [-0.25, -0.2) is 0 Å². The van der Waals surface area contributed by atoms with Gasteiger partial charge in [-0.15, -0.1) is 0 Å². The first-order valence-corrected chi connectivity index (χ1v) is 6.50. The monoisotopic (exact) mass is 234 g/mol. The molecule has 0 saturated carbocycles. The SMILES string of the molecule is CCN(c1ccccc1)C(CN)C1CCCO1. The number of hydrogen-bond donors (Lipinski definition) is 1. The molecule has 17 heavy (non-hydrogen) atoms. The molecule has 3 heteroatoms. The number of nitrogens with two attached hydrogens (primary N) is 1. The number of para-hydroxylation sites is 1. The predicted molar refractivity (Wildman–Crippen MR) is 71.3 cm³/mol. The maximum atomic E-state index is 5.94. The number of anilines is 1. The van der Waals surface area contributed by atoms with E-state index in [1.807, 2.05) is 6.07 Å². The molecule has 0 radical (unpaired) electrons. The third-order valence-electron chi connectivity index (χ3n) is 3.46. The van der Waals surface area contributed by atoms with Gasteiger partial charge in [-0.1, -0.05) is 18.2 Å². The number of hydrogen-bond acceptors (Lipinski definition) is 3. The average Bonchev–Trinajstić information content (AvgIpc) is 2.90. The average molecular weight is 234 g/mol. The fourth-order valence-electron chi connectivity index (χ4n) is 2.61. The Morgan fingerprint density at radius 3 is 2.71 bits per heavy atom. The summed E-state index contributed by atoms with van der Waals surface area (Å²) in [6.07, 6.45) is 2.58. The lowest BCUT2D eigenvalue weighted by atomic mass is 10.1. The van der Waals surface area contributed by atoms with E-state index in [0.29, 0.717) is 18.7 Å². The van der Waals surface area contributed by atoms with Crippen molar-refractivity contribution in [3.05, 3.63) is 30.3 Å². The molecule has 1 fully saturated rings. The number of likely N-dealkylation sites (N-methyl/N-ethyl adjacent to an activating group) is 1. The summed E-state index contributed by atoms with van der Waals surface area (Å²) in [4.78, 5) is 2.36. The molecular weight excluding hydrogens is 212 g/mol. The van der Waals surface area contributed by atoms with E-state index >= 15 is 0 Å². The van der Waals surface area contributed by atoms with Crippen LogP contribution in [0, 0.1) is 0 Å². The summed E-state index contributed by atoms with van der Waals surface area (Å²) in [7, 11) is 0. The lowest BCUT2D eigenvalue weighted by Crippen LogP contribution is -2.48. The largest absolute Gasteiger partial charge is 0.376 e. The smallest absolute Gasteiger partial charge is 0.0791 e. The molecule has 1 heterocycles. The van der Waals surface area contributed by atoms with Gasteiger partial charge in [0, 0.05) is 25.4 Å². The first kappa shape index (κ1) is 12.4. The normalized spacial score (nSPS) is 21.4. The van der Waals surface area contributed by atoms with Crippen LogP contribution in [0.4, 0.5) is 5.69 Å². The van der Waals surface area contributed by atoms with Gasteiger partial charge in [0.15, 0.2) is 0 Å². The van der Waals surface area contributed by atoms with Gasteiger partial charge in [-0.3, -0.25) is 0 Å². The Morgan fingerprint density at radius 1 is 1.41 bits per heavy atom. The summed E-state index contributed by atoms with van der Waals surface area (Å²) in [5.41, 5.74) is 7.18. The molecule has 2 N–H and O–H groups in total. The lowest BCUT2D eigenvalue weighted by molar-refractivity contribution is 0.0895. The molecule has 94 valence electrons. The van der Waals surface area contributed by atoms with Crippen LogP contribution in [0.5, 0.6) is 0 Å². The summed E-state index contributed by atoms with van der Waals surface area (Å²) in [6, 6.07) is 10.8. The molecule has 0 aromatic heterocycles. The van der Waals surface area contributed by atoms with Crippen molar-refractivity contribution < 1.29 is 4.74 Å². The summed E-state index contributed by atoms with van der Waals surface area (Å²) >= 11 is 0. The quantitative estimate of drug-likeness (QED) is 0.847. The molecule has 1 saturated heterocycles. The highest BCUT2D eigenvalue weighted by Gasteiger charge is 2.29. The van der Waals surface area contributed by atoms with Gasteiger partial charge in [0.1, 0.15) is 0 Å². The van der Waals surface area contributed by atoms with Gasteiger partial charge in [-0.2, -0.15) is 0 Å². The molecule has 3 nitrogen and oxygen atoms in total. The molecule has 1 aromatic rings. The van der Waals surface area contributed by atoms with E-state index in [1.54, 1.807) is 0 Å². The van der Waals surface area contributed by atoms with Crippen molar-refractivity contribution >= 4 is 5.69 Å². The Hall–Kier alpha value is -1.06. The van der Waals surface area contributed by atoms with Crippen LogP contribution in [-0.2, 0) is 4.74 Å². The molecule has 1 aliphatic heterocycles. The van der Waals surface area contributed by atoms with Crippen molar-refractivity contribution in [2.24, 2.45) is 5.73 Å². The Balaban J connectivity index is 2.15. The minimum absolute atomic E-state index is 0.292. The van der Waals surface area contributed by atoms with Crippen molar-refractivity contribution in [2.75, 3.05) is 24.6 Å². The van der Waals surface area contributed by atoms with Crippen molar-refractivity contribution in [3.8, 4) is 0 Å². The first-order valence-electron chi connectivity index (χ1n) is 6.50. The highest BCUT2D eigenvalue weighted by Crippen LogP contribution is 2.23. The molecule has 1 aliphatic rings. The third kappa shape index (κ3) is 2.79. The highest BCUT2D eigenvalue weighted by atomic mass is 16.5. The van der Waals surface area contributed by atoms with Crippen LogP contribution in [0.2, 0.25) is 0 Å². The molecule has 2 rings (SSSR count). The van der Waals surface area contributed by atoms with Gasteiger partial charge in [-0.05, 0) is 31.9 Å². The summed E-state index contributed by atoms with van der Waals surface area (Å²) in [6.45, 7) is 4.66. The Morgan fingerprint density at radius 2 is 2.18 bits per heavy atom. The van der Waals surface area contributed by atoms with Crippen molar-refractivity contribution in [1.29, 1.82) is 0 Å². The Bertz CT molecular complexity index is 322. The van der Waals surface area contributed by atoms with Gasteiger partial charge in [0.2, 0.25) is 0 Å². The number of benzene rings is 1. The van der Waals surface area contributed by atoms with Crippen molar-refractivity contribution in [1.82, 2.24) is 0 Å². The zero-order chi connectivity index (χ0) is 12.1. The highest BCUT2D eigenvalue weighted by molar-refractivity contribution is 5.47. The molecule has 0 amide bonds. The molecule has 1 aromatic carbocycles. The number of nitrogens with zero attached hydrogens (tertiary/aromatic N) is 1. The predicted octanol–water partition coefficient (Wildman–Crippen LogP) is 2.02. The Kier molecular flexibility index (Phi) is 4.40. The molecule has 0 aliphatic carbocycles. The van der Waals surface area contributed by atoms with Crippen molar-refractivity contribution in [2.45, 2.75) is 31.9 Å². The molecular formula is C14H22N2O. The molecule has 2 unspecified atom stereocenters. The molecule has 0 spiro atoms. The number of ether oxygens (including phenoxy) is 1. The van der Waals surface area contributed by atoms with E-state index in [-0.39, 0.29) is 0 Å². The standard InChI is InChI=1S/C14H22N2O/c1-2-16(12-7-4-3-5-8-12)13(11-15)14-9-6-10-17-14/h3-5,7-8,13-14H,2,6,9-11,15H2,1H3. The zero-order valence-corrected chi connectivity index (χ0v) is 10.5. The first-order chi connectivity index (χ1) is 8.36. The van der Waals surface area contributed by atoms with Gasteiger partial charge < -0.3 is 15.4 Å². The van der Waals surface area contributed by atoms with Gasteiger partial charge in [0.25, 0.3) is 0 Å². The van der Waals surface area contributed by atoms with Gasteiger partial charge >= 0.3 is 0 Å². The van der Waals surface area contributed by atoms with Crippen LogP contribution in [-0.4, -0.2) is 31.8 Å². The van der Waals surface area contributed by atoms with Crippen LogP contribution >= 0.6 is 0 Å². The van der Waals surface area contributed by atoms with Gasteiger partial charge in [0.05, 0.1) is 12.1 Å². The van der Waals surface area contributed by atoms with Crippen LogP contribution < -0.4 is 10.6 Å². The van der Waals surface area contributed by atoms with Crippen LogP contribution in [0.25, 0.3) is 0 Å². The second-order valence-corrected chi connectivity index (χ2v) is 4.48. The maximum Gasteiger partial charge on any atom is 0.0791 e. The van der Waals surface area contributed by atoms with E-state index in [0.717, 1.165) is 26.0 Å². The minimum Gasteiger partial charge on any atom is -0.376 e. The summed E-state index contributed by atoms with van der Waals surface area (Å²) < 4.78 is 5.79. The van der Waals surface area contributed by atoms with Crippen LogP contribution in [0.1, 0.15) is 19.8 Å². The molecule has 2 atom stereocenters. The van der Waals surface area contributed by atoms with E-state index in [9.17, 15) is 0 Å². The minimum atomic E-state index is 0.292. The summed E-state index contributed by atoms with van der Waals surface area (Å²) in [5.74, 6) is 0. The Labute approximate surface area is 104 Å². The van der Waals surface area contributed by atoms with E-state index in [1.165, 1.54) is 5.69 Å². The van der Waals surface area contributed by atoms with Crippen molar-refractivity contribution in [3.63, 3.8) is 0 Å². The third-order valence-corrected chi connectivity index (χ3v) is 3.46. The maximum absolute atomic E-state index is 5.94. The second kappa shape index (κ2) is 6.03. The van der Waals surface area contributed by atoms with Crippen LogP contribution in [0.3, 0.4) is 0 Å². The van der Waals surface area contributed by atoms with E-state index in [4.69, 9.17) is 10.5 Å². The second-order valence-electron chi connectivity index (χ2n) is 4.48. The zero-order valence-electron chi connectivity index (χ0n) is 10.5. The fourth-order valence-corrected chi connectivity index (χ4v) is 2.61.